The lowest BCUT2D eigenvalue weighted by Crippen LogP contribution is -2.56. The van der Waals surface area contributed by atoms with E-state index in [2.05, 4.69) is 10.1 Å². The number of carbonyl (C=O) groups is 1. The molecule has 7 nitrogen and oxygen atoms in total. The Hall–Kier alpha value is -3.87. The molecule has 1 amide bonds. The topological polar surface area (TPSA) is 81.6 Å². The maximum atomic E-state index is 12.1. The highest BCUT2D eigenvalue weighted by Gasteiger charge is 2.33. The zero-order chi connectivity index (χ0) is 19.6. The zero-order valence-corrected chi connectivity index (χ0v) is 15.4. The average Bonchev–Trinajstić information content (AvgIpc) is 3.43. The normalized spacial score (nSPS) is 13.9. The van der Waals surface area contributed by atoms with Gasteiger partial charge in [0, 0.05) is 11.1 Å². The van der Waals surface area contributed by atoms with Gasteiger partial charge in [-0.05, 0) is 36.4 Å². The fourth-order valence-electron chi connectivity index (χ4n) is 3.15. The van der Waals surface area contributed by atoms with E-state index in [0.29, 0.717) is 30.6 Å². The lowest BCUT2D eigenvalue weighted by atomic mass is 10.1. The minimum absolute atomic E-state index is 0.0344. The molecule has 0 unspecified atom stereocenters. The number of carbonyl (C=O) groups excluding carboxylic acids is 1. The van der Waals surface area contributed by atoms with E-state index in [9.17, 15) is 4.79 Å². The van der Waals surface area contributed by atoms with E-state index in [1.165, 1.54) is 6.26 Å². The maximum Gasteiger partial charge on any atom is 0.289 e. The third kappa shape index (κ3) is 3.50. The van der Waals surface area contributed by atoms with E-state index < -0.39 is 0 Å². The van der Waals surface area contributed by atoms with E-state index in [0.717, 1.165) is 16.9 Å². The van der Waals surface area contributed by atoms with Gasteiger partial charge in [-0.25, -0.2) is 0 Å². The standard InChI is InChI=1S/C22H17N3O4/c26-22(19-7-4-12-27-19)25-13-18(14-25)28-17-10-8-16(9-11-17)21-23-20(24-29-21)15-5-2-1-3-6-15/h1-12,18H,13-14H2. The molecule has 29 heavy (non-hydrogen) atoms. The molecule has 1 aliphatic heterocycles. The van der Waals surface area contributed by atoms with E-state index in [4.69, 9.17) is 13.7 Å². The van der Waals surface area contributed by atoms with Crippen molar-refractivity contribution in [3.8, 4) is 28.6 Å². The van der Waals surface area contributed by atoms with Gasteiger partial charge in [0.05, 0.1) is 19.4 Å². The Morgan fingerprint density at radius 2 is 1.76 bits per heavy atom. The summed E-state index contributed by atoms with van der Waals surface area (Å²) >= 11 is 0. The van der Waals surface area contributed by atoms with Crippen LogP contribution in [0.5, 0.6) is 5.75 Å². The lowest BCUT2D eigenvalue weighted by Gasteiger charge is -2.38. The van der Waals surface area contributed by atoms with Crippen molar-refractivity contribution in [1.82, 2.24) is 15.0 Å². The SMILES string of the molecule is O=C(c1ccco1)N1CC(Oc2ccc(-c3nc(-c4ccccc4)no3)cc2)C1. The Bertz CT molecular complexity index is 1100. The molecule has 0 atom stereocenters. The highest BCUT2D eigenvalue weighted by molar-refractivity contribution is 5.92. The molecule has 0 N–H and O–H groups in total. The van der Waals surface area contributed by atoms with E-state index >= 15 is 0 Å². The quantitative estimate of drug-likeness (QED) is 0.517. The Balaban J connectivity index is 1.20. The molecule has 0 radical (unpaired) electrons. The first kappa shape index (κ1) is 17.2. The monoisotopic (exact) mass is 387 g/mol. The molecule has 4 aromatic rings. The van der Waals surface area contributed by atoms with Crippen LogP contribution in [-0.2, 0) is 0 Å². The van der Waals surface area contributed by atoms with Gasteiger partial charge >= 0.3 is 0 Å². The van der Waals surface area contributed by atoms with Gasteiger partial charge in [0.25, 0.3) is 11.8 Å². The van der Waals surface area contributed by atoms with Gasteiger partial charge in [-0.15, -0.1) is 0 Å². The van der Waals surface area contributed by atoms with Crippen molar-refractivity contribution in [1.29, 1.82) is 0 Å². The Labute approximate surface area is 166 Å². The van der Waals surface area contributed by atoms with Crippen molar-refractivity contribution >= 4 is 5.91 Å². The highest BCUT2D eigenvalue weighted by atomic mass is 16.5. The number of ether oxygens (including phenoxy) is 1. The molecule has 5 rings (SSSR count). The van der Waals surface area contributed by atoms with Crippen LogP contribution >= 0.6 is 0 Å². The van der Waals surface area contributed by atoms with E-state index in [1.807, 2.05) is 54.6 Å². The van der Waals surface area contributed by atoms with Crippen LogP contribution in [-0.4, -0.2) is 40.1 Å². The number of nitrogens with zero attached hydrogens (tertiary/aromatic N) is 3. The molecule has 0 bridgehead atoms. The van der Waals surface area contributed by atoms with Crippen molar-refractivity contribution in [2.24, 2.45) is 0 Å². The van der Waals surface area contributed by atoms with Gasteiger partial charge in [0.2, 0.25) is 5.82 Å². The minimum Gasteiger partial charge on any atom is -0.487 e. The van der Waals surface area contributed by atoms with Crippen molar-refractivity contribution in [3.63, 3.8) is 0 Å². The number of aromatic nitrogens is 2. The van der Waals surface area contributed by atoms with Gasteiger partial charge in [-0.2, -0.15) is 4.98 Å². The number of rotatable bonds is 5. The summed E-state index contributed by atoms with van der Waals surface area (Å²) in [5, 5.41) is 4.04. The van der Waals surface area contributed by atoms with E-state index in [1.54, 1.807) is 17.0 Å². The summed E-state index contributed by atoms with van der Waals surface area (Å²) in [6, 6.07) is 20.5. The van der Waals surface area contributed by atoms with Crippen LogP contribution in [0.2, 0.25) is 0 Å². The molecular weight excluding hydrogens is 370 g/mol. The van der Waals surface area contributed by atoms with Crippen LogP contribution in [0.15, 0.2) is 81.9 Å². The Morgan fingerprint density at radius 1 is 0.966 bits per heavy atom. The smallest absolute Gasteiger partial charge is 0.289 e. The number of benzene rings is 2. The van der Waals surface area contributed by atoms with Crippen molar-refractivity contribution in [2.45, 2.75) is 6.10 Å². The summed E-state index contributed by atoms with van der Waals surface area (Å²) < 4.78 is 16.4. The fraction of sp³-hybridized carbons (Fsp3) is 0.136. The van der Waals surface area contributed by atoms with Crippen molar-refractivity contribution in [2.75, 3.05) is 13.1 Å². The average molecular weight is 387 g/mol. The fourth-order valence-corrected chi connectivity index (χ4v) is 3.15. The first-order valence-corrected chi connectivity index (χ1v) is 9.25. The third-order valence-electron chi connectivity index (χ3n) is 4.73. The van der Waals surface area contributed by atoms with Crippen molar-refractivity contribution < 1.29 is 18.5 Å². The largest absolute Gasteiger partial charge is 0.487 e. The number of amides is 1. The molecule has 144 valence electrons. The molecule has 2 aromatic carbocycles. The zero-order valence-electron chi connectivity index (χ0n) is 15.4. The van der Waals surface area contributed by atoms with Gasteiger partial charge in [0.15, 0.2) is 5.76 Å². The molecule has 3 heterocycles. The molecule has 7 heteroatoms. The van der Waals surface area contributed by atoms with Crippen LogP contribution in [0.1, 0.15) is 10.6 Å². The van der Waals surface area contributed by atoms with Crippen LogP contribution in [0.25, 0.3) is 22.8 Å². The Kier molecular flexibility index (Phi) is 4.32. The molecule has 1 fully saturated rings. The third-order valence-corrected chi connectivity index (χ3v) is 4.73. The van der Waals surface area contributed by atoms with E-state index in [-0.39, 0.29) is 12.0 Å². The minimum atomic E-state index is -0.115. The number of hydrogen-bond donors (Lipinski definition) is 0. The molecule has 2 aromatic heterocycles. The highest BCUT2D eigenvalue weighted by Crippen LogP contribution is 2.26. The molecule has 1 aliphatic rings. The van der Waals surface area contributed by atoms with Crippen LogP contribution in [0, 0.1) is 0 Å². The second kappa shape index (κ2) is 7.27. The lowest BCUT2D eigenvalue weighted by molar-refractivity contribution is 0.0155. The predicted octanol–water partition coefficient (Wildman–Crippen LogP) is 3.90. The van der Waals surface area contributed by atoms with Crippen LogP contribution < -0.4 is 4.74 Å². The molecule has 0 aliphatic carbocycles. The molecule has 0 spiro atoms. The van der Waals surface area contributed by atoms with Crippen molar-refractivity contribution in [3.05, 3.63) is 78.8 Å². The molecular formula is C22H17N3O4. The van der Waals surface area contributed by atoms with Gasteiger partial charge < -0.3 is 18.6 Å². The molecule has 1 saturated heterocycles. The summed E-state index contributed by atoms with van der Waals surface area (Å²) in [4.78, 5) is 18.3. The predicted molar refractivity (Wildman–Crippen MR) is 104 cm³/mol. The summed E-state index contributed by atoms with van der Waals surface area (Å²) in [6.45, 7) is 1.07. The number of hydrogen-bond acceptors (Lipinski definition) is 6. The first-order valence-electron chi connectivity index (χ1n) is 9.25. The second-order valence-electron chi connectivity index (χ2n) is 6.74. The summed E-state index contributed by atoms with van der Waals surface area (Å²) in [5.41, 5.74) is 1.72. The Morgan fingerprint density at radius 3 is 2.48 bits per heavy atom. The molecule has 0 saturated carbocycles. The van der Waals surface area contributed by atoms with Gasteiger partial charge in [-0.1, -0.05) is 35.5 Å². The van der Waals surface area contributed by atoms with Gasteiger partial charge in [-0.3, -0.25) is 4.79 Å². The summed E-state index contributed by atoms with van der Waals surface area (Å²) in [6.07, 6.45) is 1.46. The first-order chi connectivity index (χ1) is 14.3. The van der Waals surface area contributed by atoms with Gasteiger partial charge in [0.1, 0.15) is 11.9 Å². The number of likely N-dealkylation sites (tertiary alicyclic amines) is 1. The number of furan rings is 1. The van der Waals surface area contributed by atoms with Crippen LogP contribution in [0.3, 0.4) is 0 Å². The summed E-state index contributed by atoms with van der Waals surface area (Å²) in [5.74, 6) is 1.97. The van der Waals surface area contributed by atoms with Crippen LogP contribution in [0.4, 0.5) is 0 Å². The second-order valence-corrected chi connectivity index (χ2v) is 6.74. The maximum absolute atomic E-state index is 12.1. The summed E-state index contributed by atoms with van der Waals surface area (Å²) in [7, 11) is 0.